The maximum absolute atomic E-state index is 12.8. The van der Waals surface area contributed by atoms with Crippen molar-refractivity contribution in [2.75, 3.05) is 35.2 Å². The summed E-state index contributed by atoms with van der Waals surface area (Å²) in [5, 5.41) is 21.5. The molecule has 2 heterocycles. The van der Waals surface area contributed by atoms with Crippen LogP contribution < -0.4 is 21.3 Å². The normalized spacial score (nSPS) is 10.9. The van der Waals surface area contributed by atoms with Crippen LogP contribution in [0.4, 0.5) is 36.2 Å². The van der Waals surface area contributed by atoms with Gasteiger partial charge in [-0.1, -0.05) is 58.0 Å². The van der Waals surface area contributed by atoms with E-state index in [1.807, 2.05) is 72.8 Å². The molecule has 272 valence electrons. The molecule has 0 spiro atoms. The zero-order valence-corrected chi connectivity index (χ0v) is 29.3. The maximum atomic E-state index is 12.8. The molecule has 0 aliphatic heterocycles. The number of carboxylic acid groups (broad SMARTS) is 1. The van der Waals surface area contributed by atoms with E-state index in [2.05, 4.69) is 41.2 Å². The number of rotatable bonds is 13. The number of fused-ring (bicyclic) bond motifs is 2. The number of alkyl halides is 3. The molecule has 2 amide bonds. The molecule has 6 aromatic rings. The first kappa shape index (κ1) is 38.3. The van der Waals surface area contributed by atoms with Gasteiger partial charge in [0.15, 0.2) is 0 Å². The van der Waals surface area contributed by atoms with Gasteiger partial charge in [0.25, 0.3) is 11.8 Å². The molecule has 2 aromatic heterocycles. The summed E-state index contributed by atoms with van der Waals surface area (Å²) < 4.78 is 31.7. The molecule has 0 atom stereocenters. The summed E-state index contributed by atoms with van der Waals surface area (Å²) in [6.07, 6.45) is -2.04. The van der Waals surface area contributed by atoms with Gasteiger partial charge in [-0.15, -0.1) is 0 Å². The predicted octanol–water partition coefficient (Wildman–Crippen LogP) is 7.23. The molecule has 0 saturated carbocycles. The minimum atomic E-state index is -5.08. The van der Waals surface area contributed by atoms with Crippen LogP contribution in [-0.4, -0.2) is 73.6 Å². The van der Waals surface area contributed by atoms with Gasteiger partial charge < -0.3 is 26.4 Å². The number of benzene rings is 4. The number of para-hydroxylation sites is 2. The molecular formula is C36H31F3N8O4S2. The second-order valence-electron chi connectivity index (χ2n) is 10.8. The molecule has 0 saturated heterocycles. The van der Waals surface area contributed by atoms with Crippen LogP contribution in [0.15, 0.2) is 110 Å². The minimum Gasteiger partial charge on any atom is -0.475 e. The minimum absolute atomic E-state index is 0.140. The fourth-order valence-corrected chi connectivity index (χ4v) is 6.51. The average molecular weight is 761 g/mol. The van der Waals surface area contributed by atoms with Crippen LogP contribution in [0, 0.1) is 0 Å². The molecule has 17 heteroatoms. The quantitative estimate of drug-likeness (QED) is 0.0592. The Morgan fingerprint density at radius 2 is 1.02 bits per heavy atom. The molecule has 5 N–H and O–H groups in total. The SMILES string of the molecule is O=C(NCCSSCCNC(=O)c1cccc(Nc2ncnc3ccccc23)c1)c1cccc(Nc2ncnc3ccccc23)c1.O=C(O)C(F)(F)F. The van der Waals surface area contributed by atoms with Gasteiger partial charge in [-0.25, -0.2) is 24.7 Å². The van der Waals surface area contributed by atoms with Crippen molar-refractivity contribution < 1.29 is 32.7 Å². The van der Waals surface area contributed by atoms with E-state index in [1.54, 1.807) is 45.9 Å². The first-order chi connectivity index (χ1) is 25.6. The van der Waals surface area contributed by atoms with Crippen molar-refractivity contribution in [2.45, 2.75) is 6.18 Å². The zero-order chi connectivity index (χ0) is 37.6. The summed E-state index contributed by atoms with van der Waals surface area (Å²) in [5.74, 6) is -0.192. The van der Waals surface area contributed by atoms with Crippen molar-refractivity contribution in [3.8, 4) is 0 Å². The Morgan fingerprint density at radius 1 is 0.604 bits per heavy atom. The smallest absolute Gasteiger partial charge is 0.475 e. The lowest BCUT2D eigenvalue weighted by atomic mass is 10.1. The van der Waals surface area contributed by atoms with E-state index in [-0.39, 0.29) is 11.8 Å². The summed E-state index contributed by atoms with van der Waals surface area (Å²) in [5.41, 5.74) is 4.36. The summed E-state index contributed by atoms with van der Waals surface area (Å²) in [7, 11) is 3.30. The molecule has 0 unspecified atom stereocenters. The maximum Gasteiger partial charge on any atom is 0.490 e. The number of nitrogens with zero attached hydrogens (tertiary/aromatic N) is 4. The summed E-state index contributed by atoms with van der Waals surface area (Å²) in [6.45, 7) is 1.05. The Bertz CT molecular complexity index is 2060. The standard InChI is InChI=1S/C34H30N8O2S2.C2HF3O2/c43-33(23-7-5-9-25(19-23)41-31-27-11-1-3-13-29(27)37-21-39-31)35-15-17-45-46-18-16-36-34(44)24-8-6-10-26(20-24)42-32-28-12-2-4-14-30(28)38-22-40-32;3-2(4,5)1(6)7/h1-14,19-22H,15-18H2,(H,35,43)(H,36,44)(H,37,39,41)(H,38,40,42);(H,6,7). The lowest BCUT2D eigenvalue weighted by Gasteiger charge is -2.10. The molecule has 0 radical (unpaired) electrons. The highest BCUT2D eigenvalue weighted by Gasteiger charge is 2.38. The Hall–Kier alpha value is -5.94. The van der Waals surface area contributed by atoms with E-state index in [9.17, 15) is 22.8 Å². The molecule has 53 heavy (non-hydrogen) atoms. The average Bonchev–Trinajstić information content (AvgIpc) is 3.16. The molecule has 0 aliphatic carbocycles. The van der Waals surface area contributed by atoms with E-state index >= 15 is 0 Å². The van der Waals surface area contributed by atoms with Crippen molar-refractivity contribution in [2.24, 2.45) is 0 Å². The number of amides is 2. The predicted molar refractivity (Wildman–Crippen MR) is 202 cm³/mol. The van der Waals surface area contributed by atoms with E-state index < -0.39 is 12.1 Å². The summed E-state index contributed by atoms with van der Waals surface area (Å²) in [4.78, 5) is 51.7. The van der Waals surface area contributed by atoms with Gasteiger partial charge in [0.2, 0.25) is 0 Å². The highest BCUT2D eigenvalue weighted by atomic mass is 33.1. The van der Waals surface area contributed by atoms with Crippen molar-refractivity contribution in [1.82, 2.24) is 30.6 Å². The Balaban J connectivity index is 0.000000705. The van der Waals surface area contributed by atoms with E-state index in [4.69, 9.17) is 9.90 Å². The summed E-state index contributed by atoms with van der Waals surface area (Å²) >= 11 is 0. The third-order valence-electron chi connectivity index (χ3n) is 7.13. The van der Waals surface area contributed by atoms with E-state index in [1.165, 1.54) is 12.7 Å². The van der Waals surface area contributed by atoms with Gasteiger partial charge in [-0.2, -0.15) is 13.2 Å². The molecule has 0 fully saturated rings. The van der Waals surface area contributed by atoms with Crippen molar-refractivity contribution in [3.63, 3.8) is 0 Å². The highest BCUT2D eigenvalue weighted by molar-refractivity contribution is 8.76. The van der Waals surface area contributed by atoms with Crippen LogP contribution >= 0.6 is 21.6 Å². The zero-order valence-electron chi connectivity index (χ0n) is 27.6. The van der Waals surface area contributed by atoms with Gasteiger partial charge in [-0.3, -0.25) is 9.59 Å². The molecule has 6 rings (SSSR count). The first-order valence-electron chi connectivity index (χ1n) is 15.8. The first-order valence-corrected chi connectivity index (χ1v) is 18.3. The number of halogens is 3. The number of nitrogens with one attached hydrogen (secondary N) is 4. The number of carbonyl (C=O) groups excluding carboxylic acids is 2. The second kappa shape index (κ2) is 18.5. The number of carboxylic acids is 1. The fourth-order valence-electron chi connectivity index (χ4n) is 4.69. The van der Waals surface area contributed by atoms with Crippen LogP contribution in [0.3, 0.4) is 0 Å². The van der Waals surface area contributed by atoms with Crippen molar-refractivity contribution >= 4 is 84.2 Å². The van der Waals surface area contributed by atoms with Gasteiger partial charge in [-0.05, 0) is 60.7 Å². The van der Waals surface area contributed by atoms with Gasteiger partial charge in [0.05, 0.1) is 11.0 Å². The topological polar surface area (TPSA) is 171 Å². The number of aromatic nitrogens is 4. The number of hydrogen-bond donors (Lipinski definition) is 5. The summed E-state index contributed by atoms with van der Waals surface area (Å²) in [6, 6.07) is 30.2. The lowest BCUT2D eigenvalue weighted by Crippen LogP contribution is -2.26. The highest BCUT2D eigenvalue weighted by Crippen LogP contribution is 2.25. The van der Waals surface area contributed by atoms with Crippen LogP contribution in [-0.2, 0) is 4.79 Å². The van der Waals surface area contributed by atoms with Gasteiger partial charge >= 0.3 is 12.1 Å². The third-order valence-corrected chi connectivity index (χ3v) is 9.54. The molecule has 12 nitrogen and oxygen atoms in total. The fraction of sp³-hybridized carbons (Fsp3) is 0.139. The third kappa shape index (κ3) is 11.3. The molecule has 0 bridgehead atoms. The van der Waals surface area contributed by atoms with Crippen LogP contribution in [0.25, 0.3) is 21.8 Å². The van der Waals surface area contributed by atoms with Crippen LogP contribution in [0.1, 0.15) is 20.7 Å². The second-order valence-corrected chi connectivity index (χ2v) is 13.6. The largest absolute Gasteiger partial charge is 0.490 e. The Kier molecular flexibility index (Phi) is 13.4. The van der Waals surface area contributed by atoms with E-state index in [0.717, 1.165) is 44.7 Å². The molecule has 0 aliphatic rings. The molecule has 4 aromatic carbocycles. The van der Waals surface area contributed by atoms with Crippen molar-refractivity contribution in [1.29, 1.82) is 0 Å². The van der Waals surface area contributed by atoms with Crippen LogP contribution in [0.5, 0.6) is 0 Å². The van der Waals surface area contributed by atoms with Crippen molar-refractivity contribution in [3.05, 3.63) is 121 Å². The Morgan fingerprint density at radius 3 is 1.43 bits per heavy atom. The van der Waals surface area contributed by atoms with E-state index in [0.29, 0.717) is 35.9 Å². The number of hydrogen-bond acceptors (Lipinski definition) is 11. The Labute approximate surface area is 308 Å². The van der Waals surface area contributed by atoms with Gasteiger partial charge in [0.1, 0.15) is 24.3 Å². The number of aliphatic carboxylic acids is 1. The monoisotopic (exact) mass is 760 g/mol. The number of anilines is 4. The lowest BCUT2D eigenvalue weighted by molar-refractivity contribution is -0.192. The van der Waals surface area contributed by atoms with Crippen LogP contribution in [0.2, 0.25) is 0 Å². The van der Waals surface area contributed by atoms with Gasteiger partial charge in [0, 0.05) is 57.9 Å². The number of carbonyl (C=O) groups is 3. The molecular weight excluding hydrogens is 730 g/mol.